The van der Waals surface area contributed by atoms with E-state index in [2.05, 4.69) is 4.99 Å². The van der Waals surface area contributed by atoms with Gasteiger partial charge in [0.1, 0.15) is 4.88 Å². The van der Waals surface area contributed by atoms with Crippen molar-refractivity contribution in [1.82, 2.24) is 0 Å². The molecule has 1 aliphatic rings. The number of benzene rings is 2. The van der Waals surface area contributed by atoms with Crippen molar-refractivity contribution in [2.75, 3.05) is 12.4 Å². The number of hydrogen-bond donors (Lipinski definition) is 1. The molecule has 0 spiro atoms. The van der Waals surface area contributed by atoms with Crippen LogP contribution in [0.4, 0.5) is 18.9 Å². The number of aliphatic imine (C=N–C) groups is 1. The van der Waals surface area contributed by atoms with E-state index >= 15 is 0 Å². The molecule has 3 aromatic rings. The number of hydrogen-bond acceptors (Lipinski definition) is 8. The first kappa shape index (κ1) is 23.1. The topological polar surface area (TPSA) is 86.2 Å². The standard InChI is InChI=1S/C23H15F3N2O5S/c1-31-18-12-13(4-9-17(18)32-22(30)19-3-2-10-34-19)11-16-21(29)33-20(27-16)14-5-7-15(8-6-14)28-23(24,25)26/h2-12,28H,1H3/b16-11+. The van der Waals surface area contributed by atoms with E-state index in [-0.39, 0.29) is 28.8 Å². The summed E-state index contributed by atoms with van der Waals surface area (Å²) in [6.07, 6.45) is -3.12. The van der Waals surface area contributed by atoms with Crippen LogP contribution in [0.3, 0.4) is 0 Å². The van der Waals surface area contributed by atoms with Crippen LogP contribution in [0.15, 0.2) is 70.7 Å². The van der Waals surface area contributed by atoms with Gasteiger partial charge >= 0.3 is 18.2 Å². The van der Waals surface area contributed by atoms with Gasteiger partial charge in [0.05, 0.1) is 7.11 Å². The number of nitrogens with one attached hydrogen (secondary N) is 1. The maximum atomic E-state index is 12.4. The number of rotatable bonds is 6. The molecule has 0 radical (unpaired) electrons. The van der Waals surface area contributed by atoms with Gasteiger partial charge in [-0.15, -0.1) is 11.3 Å². The molecule has 7 nitrogen and oxygen atoms in total. The van der Waals surface area contributed by atoms with E-state index in [1.165, 1.54) is 60.2 Å². The zero-order valence-corrected chi connectivity index (χ0v) is 18.2. The second kappa shape index (κ2) is 9.40. The largest absolute Gasteiger partial charge is 0.493 e. The Morgan fingerprint density at radius 3 is 2.53 bits per heavy atom. The van der Waals surface area contributed by atoms with Crippen molar-refractivity contribution < 1.29 is 37.0 Å². The molecule has 0 fully saturated rings. The molecule has 0 aliphatic carbocycles. The number of methoxy groups -OCH3 is 1. The highest BCUT2D eigenvalue weighted by Crippen LogP contribution is 2.31. The average molecular weight is 488 g/mol. The molecule has 0 unspecified atom stereocenters. The fourth-order valence-electron chi connectivity index (χ4n) is 2.95. The van der Waals surface area contributed by atoms with Gasteiger partial charge in [-0.1, -0.05) is 12.1 Å². The Morgan fingerprint density at radius 2 is 1.88 bits per heavy atom. The van der Waals surface area contributed by atoms with E-state index in [0.717, 1.165) is 0 Å². The van der Waals surface area contributed by atoms with Gasteiger partial charge in [0.15, 0.2) is 17.2 Å². The van der Waals surface area contributed by atoms with Crippen molar-refractivity contribution in [3.63, 3.8) is 0 Å². The first-order valence-electron chi connectivity index (χ1n) is 9.63. The van der Waals surface area contributed by atoms with Crippen molar-refractivity contribution in [3.8, 4) is 11.5 Å². The molecule has 0 bridgehead atoms. The lowest BCUT2D eigenvalue weighted by atomic mass is 10.1. The maximum Gasteiger partial charge on any atom is 0.482 e. The third-order valence-corrected chi connectivity index (χ3v) is 5.30. The number of carbonyl (C=O) groups excluding carboxylic acids is 2. The average Bonchev–Trinajstić information content (AvgIpc) is 3.45. The van der Waals surface area contributed by atoms with Gasteiger partial charge in [-0.2, -0.15) is 13.2 Å². The van der Waals surface area contributed by atoms with Crippen LogP contribution in [0.25, 0.3) is 6.08 Å². The molecule has 174 valence electrons. The molecule has 0 saturated heterocycles. The van der Waals surface area contributed by atoms with Gasteiger partial charge in [0, 0.05) is 11.3 Å². The number of halogens is 3. The minimum Gasteiger partial charge on any atom is -0.493 e. The van der Waals surface area contributed by atoms with Crippen LogP contribution in [-0.4, -0.2) is 31.2 Å². The van der Waals surface area contributed by atoms with Gasteiger partial charge in [-0.05, 0) is 59.5 Å². The third-order valence-electron chi connectivity index (χ3n) is 4.45. The monoisotopic (exact) mass is 488 g/mol. The summed E-state index contributed by atoms with van der Waals surface area (Å²) < 4.78 is 53.1. The van der Waals surface area contributed by atoms with E-state index in [9.17, 15) is 22.8 Å². The van der Waals surface area contributed by atoms with Crippen LogP contribution in [0, 0.1) is 0 Å². The number of nitrogens with zero attached hydrogens (tertiary/aromatic N) is 1. The van der Waals surface area contributed by atoms with E-state index < -0.39 is 18.2 Å². The van der Waals surface area contributed by atoms with E-state index in [1.807, 2.05) is 0 Å². The molecule has 1 N–H and O–H groups in total. The molecule has 1 aromatic heterocycles. The van der Waals surface area contributed by atoms with Crippen molar-refractivity contribution in [2.45, 2.75) is 6.30 Å². The smallest absolute Gasteiger partial charge is 0.482 e. The minimum absolute atomic E-state index is 0.0159. The van der Waals surface area contributed by atoms with E-state index in [4.69, 9.17) is 14.2 Å². The van der Waals surface area contributed by atoms with Gasteiger partial charge in [0.25, 0.3) is 0 Å². The minimum atomic E-state index is -4.56. The predicted octanol–water partition coefficient (Wildman–Crippen LogP) is 5.25. The van der Waals surface area contributed by atoms with Gasteiger partial charge in [0.2, 0.25) is 5.90 Å². The van der Waals surface area contributed by atoms with Gasteiger partial charge in [-0.25, -0.2) is 14.6 Å². The predicted molar refractivity (Wildman–Crippen MR) is 119 cm³/mol. The fraction of sp³-hybridized carbons (Fsp3) is 0.0870. The Balaban J connectivity index is 1.53. The Kier molecular flexibility index (Phi) is 6.37. The molecule has 34 heavy (non-hydrogen) atoms. The number of ether oxygens (including phenoxy) is 3. The van der Waals surface area contributed by atoms with Crippen LogP contribution in [0.5, 0.6) is 11.5 Å². The van der Waals surface area contributed by atoms with Crippen molar-refractivity contribution in [3.05, 3.63) is 81.7 Å². The molecular weight excluding hydrogens is 473 g/mol. The Hall–Kier alpha value is -4.12. The Labute approximate surface area is 195 Å². The van der Waals surface area contributed by atoms with Crippen LogP contribution >= 0.6 is 11.3 Å². The zero-order valence-electron chi connectivity index (χ0n) is 17.4. The lowest BCUT2D eigenvalue weighted by Gasteiger charge is -2.09. The summed E-state index contributed by atoms with van der Waals surface area (Å²) in [6.45, 7) is 0. The molecule has 11 heteroatoms. The Bertz CT molecular complexity index is 1280. The van der Waals surface area contributed by atoms with Gasteiger partial charge in [-0.3, -0.25) is 5.32 Å². The first-order valence-corrected chi connectivity index (χ1v) is 10.5. The SMILES string of the molecule is COc1cc(/C=C2/N=C(c3ccc(NC(F)(F)F)cc3)OC2=O)ccc1OC(=O)c1cccs1. The number of thiophene rings is 1. The van der Waals surface area contributed by atoms with Crippen LogP contribution < -0.4 is 14.8 Å². The van der Waals surface area contributed by atoms with E-state index in [0.29, 0.717) is 16.0 Å². The van der Waals surface area contributed by atoms with Crippen LogP contribution in [0.2, 0.25) is 0 Å². The summed E-state index contributed by atoms with van der Waals surface area (Å²) in [4.78, 5) is 29.0. The third kappa shape index (κ3) is 5.44. The highest BCUT2D eigenvalue weighted by atomic mass is 32.1. The molecule has 0 atom stereocenters. The summed E-state index contributed by atoms with van der Waals surface area (Å²) in [5, 5.41) is 3.14. The van der Waals surface area contributed by atoms with Crippen molar-refractivity contribution >= 4 is 40.9 Å². The summed E-state index contributed by atoms with van der Waals surface area (Å²) >= 11 is 1.25. The lowest BCUT2D eigenvalue weighted by molar-refractivity contribution is -0.129. The molecule has 2 aromatic carbocycles. The van der Waals surface area contributed by atoms with Crippen LogP contribution in [-0.2, 0) is 9.53 Å². The summed E-state index contributed by atoms with van der Waals surface area (Å²) in [5.41, 5.74) is 0.675. The molecule has 1 aliphatic heterocycles. The number of alkyl halides is 3. The van der Waals surface area contributed by atoms with Crippen molar-refractivity contribution in [1.29, 1.82) is 0 Å². The summed E-state index contributed by atoms with van der Waals surface area (Å²) in [6, 6.07) is 13.1. The summed E-state index contributed by atoms with van der Waals surface area (Å²) in [7, 11) is 1.41. The maximum absolute atomic E-state index is 12.4. The Morgan fingerprint density at radius 1 is 1.12 bits per heavy atom. The normalized spacial score (nSPS) is 14.5. The lowest BCUT2D eigenvalue weighted by Crippen LogP contribution is -2.20. The first-order chi connectivity index (χ1) is 16.2. The highest BCUT2D eigenvalue weighted by molar-refractivity contribution is 7.12. The van der Waals surface area contributed by atoms with E-state index in [1.54, 1.807) is 29.6 Å². The fourth-order valence-corrected chi connectivity index (χ4v) is 3.55. The molecule has 0 amide bonds. The van der Waals surface area contributed by atoms with Gasteiger partial charge < -0.3 is 14.2 Å². The number of esters is 2. The van der Waals surface area contributed by atoms with Crippen molar-refractivity contribution in [2.24, 2.45) is 4.99 Å². The molecule has 0 saturated carbocycles. The number of anilines is 1. The highest BCUT2D eigenvalue weighted by Gasteiger charge is 2.28. The molecule has 2 heterocycles. The number of carbonyl (C=O) groups is 2. The zero-order chi connectivity index (χ0) is 24.3. The number of cyclic esters (lactones) is 1. The second-order valence-corrected chi connectivity index (χ2v) is 7.76. The summed E-state index contributed by atoms with van der Waals surface area (Å²) in [5.74, 6) is -0.816. The molecular formula is C23H15F3N2O5S. The molecule has 4 rings (SSSR count). The second-order valence-electron chi connectivity index (χ2n) is 6.81. The van der Waals surface area contributed by atoms with Crippen LogP contribution in [0.1, 0.15) is 20.8 Å². The quantitative estimate of drug-likeness (QED) is 0.221.